The highest BCUT2D eigenvalue weighted by atomic mass is 32.2. The molecule has 1 fully saturated rings. The van der Waals surface area contributed by atoms with Gasteiger partial charge in [0.1, 0.15) is 0 Å². The first-order valence-corrected chi connectivity index (χ1v) is 6.21. The number of ketones is 2. The predicted molar refractivity (Wildman–Crippen MR) is 64.4 cm³/mol. The number of hydrogen-bond acceptors (Lipinski definition) is 3. The van der Waals surface area contributed by atoms with Crippen LogP contribution in [0.3, 0.4) is 0 Å². The minimum atomic E-state index is -4.96. The molecule has 1 aliphatic heterocycles. The van der Waals surface area contributed by atoms with Crippen LogP contribution in [0.2, 0.25) is 0 Å². The highest BCUT2D eigenvalue weighted by molar-refractivity contribution is 8.02. The molecule has 0 aromatic heterocycles. The molecule has 1 aliphatic rings. The minimum absolute atomic E-state index is 0.130. The fourth-order valence-corrected chi connectivity index (χ4v) is 3.12. The molecule has 100 valence electrons. The van der Waals surface area contributed by atoms with E-state index in [0.717, 1.165) is 11.8 Å². The molecule has 2 nitrogen and oxygen atoms in total. The fourth-order valence-electron chi connectivity index (χ4n) is 1.75. The molecule has 2 atom stereocenters. The van der Waals surface area contributed by atoms with Crippen LogP contribution in [-0.4, -0.2) is 28.2 Å². The van der Waals surface area contributed by atoms with Crippen molar-refractivity contribution in [3.8, 4) is 0 Å². The molecule has 0 saturated carbocycles. The summed E-state index contributed by atoms with van der Waals surface area (Å²) in [4.78, 5) is 23.1. The van der Waals surface area contributed by atoms with Crippen LogP contribution in [0.1, 0.15) is 13.8 Å². The Balaban J connectivity index is 2.99. The first-order chi connectivity index (χ1) is 8.12. The Bertz CT molecular complexity index is 426. The van der Waals surface area contributed by atoms with Gasteiger partial charge < -0.3 is 0 Å². The summed E-state index contributed by atoms with van der Waals surface area (Å²) in [5, 5.41) is 0. The Hall–Kier alpha value is -1.04. The number of allylic oxidation sites excluding steroid dienone is 2. The summed E-state index contributed by atoms with van der Waals surface area (Å²) in [5.41, 5.74) is 0.693. The van der Waals surface area contributed by atoms with Gasteiger partial charge in [-0.15, -0.1) is 11.8 Å². The normalized spacial score (nSPS) is 29.5. The van der Waals surface area contributed by atoms with Gasteiger partial charge in [0, 0.05) is 5.75 Å². The molecule has 18 heavy (non-hydrogen) atoms. The predicted octanol–water partition coefficient (Wildman–Crippen LogP) is 2.94. The van der Waals surface area contributed by atoms with Gasteiger partial charge in [-0.1, -0.05) is 24.3 Å². The van der Waals surface area contributed by atoms with E-state index in [-0.39, 0.29) is 5.75 Å². The van der Waals surface area contributed by atoms with Crippen molar-refractivity contribution in [1.82, 2.24) is 0 Å². The molecule has 0 radical (unpaired) electrons. The number of halogens is 3. The topological polar surface area (TPSA) is 34.1 Å². The summed E-state index contributed by atoms with van der Waals surface area (Å²) in [6.45, 7) is 6.74. The molecule has 1 rings (SSSR count). The molecular weight excluding hydrogens is 265 g/mol. The lowest BCUT2D eigenvalue weighted by molar-refractivity contribution is -0.175. The Labute approximate surface area is 107 Å². The maximum Gasteiger partial charge on any atom is 0.450 e. The summed E-state index contributed by atoms with van der Waals surface area (Å²) >= 11 is 1.05. The standard InChI is InChI=1S/C12H13F3O2S/c1-4-7(2)5-11(3)9(16)8(6-18-11)10(17)12(13,14)15/h4-5,8H,1,6H2,2-3H3. The maximum atomic E-state index is 12.3. The van der Waals surface area contributed by atoms with Crippen LogP contribution in [0, 0.1) is 5.92 Å². The molecule has 0 aliphatic carbocycles. The Morgan fingerprint density at radius 3 is 2.56 bits per heavy atom. The molecule has 6 heteroatoms. The van der Waals surface area contributed by atoms with Gasteiger partial charge in [0.2, 0.25) is 5.78 Å². The molecule has 1 heterocycles. The summed E-state index contributed by atoms with van der Waals surface area (Å²) in [6.07, 6.45) is -1.89. The SMILES string of the molecule is C=CC(C)=CC1(C)SCC(C(=O)C(F)(F)F)C1=O. The smallest absolute Gasteiger partial charge is 0.297 e. The van der Waals surface area contributed by atoms with Crippen LogP contribution in [0.25, 0.3) is 0 Å². The molecule has 0 aromatic carbocycles. The van der Waals surface area contributed by atoms with Crippen molar-refractivity contribution >= 4 is 23.3 Å². The van der Waals surface area contributed by atoms with Crippen LogP contribution in [0.15, 0.2) is 24.3 Å². The third-order valence-electron chi connectivity index (χ3n) is 2.78. The number of rotatable bonds is 3. The van der Waals surface area contributed by atoms with Crippen molar-refractivity contribution < 1.29 is 22.8 Å². The average Bonchev–Trinajstić information content (AvgIpc) is 2.53. The van der Waals surface area contributed by atoms with E-state index in [9.17, 15) is 22.8 Å². The van der Waals surface area contributed by atoms with E-state index in [2.05, 4.69) is 6.58 Å². The van der Waals surface area contributed by atoms with Gasteiger partial charge in [-0.05, 0) is 13.8 Å². The van der Waals surface area contributed by atoms with Crippen LogP contribution in [0.5, 0.6) is 0 Å². The van der Waals surface area contributed by atoms with E-state index >= 15 is 0 Å². The lowest BCUT2D eigenvalue weighted by Gasteiger charge is -2.18. The molecule has 0 bridgehead atoms. The fraction of sp³-hybridized carbons (Fsp3) is 0.500. The van der Waals surface area contributed by atoms with Gasteiger partial charge >= 0.3 is 6.18 Å². The average molecular weight is 278 g/mol. The number of alkyl halides is 3. The molecule has 0 spiro atoms. The van der Waals surface area contributed by atoms with E-state index in [1.165, 1.54) is 13.0 Å². The van der Waals surface area contributed by atoms with Gasteiger partial charge in [-0.25, -0.2) is 0 Å². The largest absolute Gasteiger partial charge is 0.450 e. The highest BCUT2D eigenvalue weighted by Gasteiger charge is 2.53. The van der Waals surface area contributed by atoms with Crippen molar-refractivity contribution in [2.24, 2.45) is 5.92 Å². The lowest BCUT2D eigenvalue weighted by Crippen LogP contribution is -2.38. The monoisotopic (exact) mass is 278 g/mol. The molecule has 0 N–H and O–H groups in total. The van der Waals surface area contributed by atoms with Crippen LogP contribution in [-0.2, 0) is 9.59 Å². The van der Waals surface area contributed by atoms with Gasteiger partial charge in [-0.2, -0.15) is 13.2 Å². The van der Waals surface area contributed by atoms with Crippen LogP contribution in [0.4, 0.5) is 13.2 Å². The number of Topliss-reactive ketones (excluding diaryl/α,β-unsaturated/α-hetero) is 2. The maximum absolute atomic E-state index is 12.3. The summed E-state index contributed by atoms with van der Waals surface area (Å²) in [6, 6.07) is 0. The van der Waals surface area contributed by atoms with E-state index in [1.807, 2.05) is 0 Å². The summed E-state index contributed by atoms with van der Waals surface area (Å²) < 4.78 is 35.9. The summed E-state index contributed by atoms with van der Waals surface area (Å²) in [5.74, 6) is -4.35. The Morgan fingerprint density at radius 2 is 2.11 bits per heavy atom. The van der Waals surface area contributed by atoms with Crippen molar-refractivity contribution in [2.75, 3.05) is 5.75 Å². The quantitative estimate of drug-likeness (QED) is 0.588. The van der Waals surface area contributed by atoms with E-state index in [4.69, 9.17) is 0 Å². The molecule has 0 amide bonds. The number of hydrogen-bond donors (Lipinski definition) is 0. The minimum Gasteiger partial charge on any atom is -0.297 e. The van der Waals surface area contributed by atoms with Crippen molar-refractivity contribution in [3.63, 3.8) is 0 Å². The second-order valence-corrected chi connectivity index (χ2v) is 5.76. The lowest BCUT2D eigenvalue weighted by atomic mass is 9.90. The number of carbonyl (C=O) groups excluding carboxylic acids is 2. The second kappa shape index (κ2) is 4.91. The van der Waals surface area contributed by atoms with E-state index in [1.54, 1.807) is 13.0 Å². The second-order valence-electron chi connectivity index (χ2n) is 4.29. The Morgan fingerprint density at radius 1 is 1.56 bits per heavy atom. The number of thioether (sulfide) groups is 1. The van der Waals surface area contributed by atoms with Gasteiger partial charge in [-0.3, -0.25) is 9.59 Å². The van der Waals surface area contributed by atoms with Crippen molar-refractivity contribution in [1.29, 1.82) is 0 Å². The Kier molecular flexibility index (Phi) is 4.10. The van der Waals surface area contributed by atoms with Crippen LogP contribution < -0.4 is 0 Å². The highest BCUT2D eigenvalue weighted by Crippen LogP contribution is 2.42. The molecule has 1 saturated heterocycles. The zero-order valence-corrected chi connectivity index (χ0v) is 10.8. The van der Waals surface area contributed by atoms with E-state index < -0.39 is 28.4 Å². The number of carbonyl (C=O) groups is 2. The van der Waals surface area contributed by atoms with Crippen molar-refractivity contribution in [3.05, 3.63) is 24.3 Å². The first-order valence-electron chi connectivity index (χ1n) is 5.23. The third kappa shape index (κ3) is 2.85. The van der Waals surface area contributed by atoms with Gasteiger partial charge in [0.05, 0.1) is 10.7 Å². The third-order valence-corrected chi connectivity index (χ3v) is 4.20. The zero-order chi connectivity index (χ0) is 14.1. The summed E-state index contributed by atoms with van der Waals surface area (Å²) in [7, 11) is 0. The molecule has 0 aromatic rings. The zero-order valence-electron chi connectivity index (χ0n) is 10.0. The van der Waals surface area contributed by atoms with Crippen LogP contribution >= 0.6 is 11.8 Å². The molecule has 2 unspecified atom stereocenters. The van der Waals surface area contributed by atoms with E-state index in [0.29, 0.717) is 5.57 Å². The van der Waals surface area contributed by atoms with Crippen molar-refractivity contribution in [2.45, 2.75) is 24.8 Å². The molecular formula is C12H13F3O2S. The van der Waals surface area contributed by atoms with Gasteiger partial charge in [0.15, 0.2) is 5.78 Å². The van der Waals surface area contributed by atoms with Gasteiger partial charge in [0.25, 0.3) is 0 Å². The first kappa shape index (κ1) is 15.0.